The molecule has 0 amide bonds. The maximum absolute atomic E-state index is 4.49. The van der Waals surface area contributed by atoms with Gasteiger partial charge in [-0.25, -0.2) is 0 Å². The normalized spacial score (nSPS) is 19.3. The zero-order chi connectivity index (χ0) is 17.4. The summed E-state index contributed by atoms with van der Waals surface area (Å²) in [6.45, 7) is 4.67. The Morgan fingerprint density at radius 3 is 1.80 bits per heavy atom. The van der Waals surface area contributed by atoms with Crippen molar-refractivity contribution in [2.24, 2.45) is 0 Å². The van der Waals surface area contributed by atoms with Gasteiger partial charge in [-0.2, -0.15) is 0 Å². The molecule has 0 spiro atoms. The van der Waals surface area contributed by atoms with Gasteiger partial charge >= 0.3 is 27.7 Å². The van der Waals surface area contributed by atoms with Crippen LogP contribution in [0.5, 0.6) is 0 Å². The summed E-state index contributed by atoms with van der Waals surface area (Å²) in [5.74, 6) is 0.662. The molecule has 0 radical (unpaired) electrons. The fraction of sp³-hybridized carbons (Fsp3) is 0.682. The van der Waals surface area contributed by atoms with E-state index in [4.69, 9.17) is 0 Å². The van der Waals surface area contributed by atoms with Crippen LogP contribution in [0.25, 0.3) is 0 Å². The average Bonchev–Trinajstić information content (AvgIpc) is 2.66. The summed E-state index contributed by atoms with van der Waals surface area (Å²) in [4.78, 5) is 0. The Morgan fingerprint density at radius 2 is 1.36 bits per heavy atom. The molecule has 0 unspecified atom stereocenters. The standard InChI is InChI=1S/C21H33P.CH3.ClH.Pd/c1-17(2)18-10-9-15-21(16-18)22(19-11-5-3-6-12-19)20-13-7-4-8-14-20;;;/h9-10,15-17,19-20H,3-8,11-14H2,1-2H3;1H3;1H;/q;-1;;+2/p-1. The summed E-state index contributed by atoms with van der Waals surface area (Å²) in [5.41, 5.74) is 3.60. The van der Waals surface area contributed by atoms with Crippen molar-refractivity contribution in [3.63, 3.8) is 0 Å². The van der Waals surface area contributed by atoms with Crippen LogP contribution in [0.15, 0.2) is 24.3 Å². The molecule has 146 valence electrons. The van der Waals surface area contributed by atoms with Crippen molar-refractivity contribution in [2.45, 2.75) is 95.3 Å². The second-order valence-electron chi connectivity index (χ2n) is 7.74. The fourth-order valence-electron chi connectivity index (χ4n) is 4.48. The van der Waals surface area contributed by atoms with Gasteiger partial charge in [0, 0.05) is 0 Å². The third-order valence-corrected chi connectivity index (χ3v) is 9.25. The van der Waals surface area contributed by atoms with Crippen LogP contribution in [0.4, 0.5) is 0 Å². The first-order chi connectivity index (χ1) is 11.8. The van der Waals surface area contributed by atoms with E-state index in [1.807, 2.05) is 0 Å². The van der Waals surface area contributed by atoms with Crippen molar-refractivity contribution in [2.75, 3.05) is 0 Å². The molecule has 25 heavy (non-hydrogen) atoms. The zero-order valence-electron chi connectivity index (χ0n) is 16.3. The maximum atomic E-state index is 4.49. The van der Waals surface area contributed by atoms with E-state index >= 15 is 0 Å². The van der Waals surface area contributed by atoms with E-state index in [-0.39, 0.29) is 15.3 Å². The quantitative estimate of drug-likeness (QED) is 0.239. The van der Waals surface area contributed by atoms with Crippen LogP contribution in [-0.2, 0) is 18.2 Å². The Morgan fingerprint density at radius 1 is 0.880 bits per heavy atom. The third-order valence-electron chi connectivity index (χ3n) is 5.77. The van der Waals surface area contributed by atoms with Crippen molar-refractivity contribution in [1.82, 2.24) is 0 Å². The summed E-state index contributed by atoms with van der Waals surface area (Å²) >= 11 is 2.22. The van der Waals surface area contributed by atoms with Crippen LogP contribution in [0.1, 0.15) is 89.5 Å². The molecule has 0 N–H and O–H groups in total. The second kappa shape index (κ2) is 12.9. The molecule has 2 aliphatic carbocycles. The predicted molar refractivity (Wildman–Crippen MR) is 113 cm³/mol. The summed E-state index contributed by atoms with van der Waals surface area (Å²) < 4.78 is 0. The van der Waals surface area contributed by atoms with Crippen molar-refractivity contribution >= 4 is 22.8 Å². The summed E-state index contributed by atoms with van der Waals surface area (Å²) in [6, 6.07) is 9.73. The molecule has 3 heteroatoms. The predicted octanol–water partition coefficient (Wildman–Crippen LogP) is 7.72. The summed E-state index contributed by atoms with van der Waals surface area (Å²) in [6.07, 6.45) is 14.9. The van der Waals surface area contributed by atoms with E-state index < -0.39 is 0 Å². The van der Waals surface area contributed by atoms with Crippen LogP contribution in [0.3, 0.4) is 0 Å². The minimum absolute atomic E-state index is 0. The number of hydrogen-bond donors (Lipinski definition) is 0. The van der Waals surface area contributed by atoms with Gasteiger partial charge in [-0.15, -0.1) is 0 Å². The van der Waals surface area contributed by atoms with Crippen LogP contribution < -0.4 is 5.30 Å². The molecular formula is C22H36ClPPd. The molecule has 0 saturated heterocycles. The van der Waals surface area contributed by atoms with E-state index in [9.17, 15) is 0 Å². The van der Waals surface area contributed by atoms with E-state index in [2.05, 4.69) is 65.8 Å². The fourth-order valence-corrected chi connectivity index (χ4v) is 8.32. The van der Waals surface area contributed by atoms with E-state index in [0.717, 1.165) is 11.3 Å². The Kier molecular flexibility index (Phi) is 12.2. The average molecular weight is 473 g/mol. The third kappa shape index (κ3) is 6.92. The summed E-state index contributed by atoms with van der Waals surface area (Å²) in [7, 11) is 4.56. The number of halogens is 1. The first-order valence-corrected chi connectivity index (χ1v) is 13.2. The molecule has 2 saturated carbocycles. The van der Waals surface area contributed by atoms with Gasteiger partial charge in [-0.05, 0) is 53.8 Å². The van der Waals surface area contributed by atoms with Gasteiger partial charge in [0.15, 0.2) is 0 Å². The van der Waals surface area contributed by atoms with Crippen LogP contribution in [0, 0.1) is 7.43 Å². The van der Waals surface area contributed by atoms with Gasteiger partial charge in [0.05, 0.1) is 0 Å². The Labute approximate surface area is 173 Å². The molecule has 0 nitrogen and oxygen atoms in total. The molecule has 3 rings (SSSR count). The van der Waals surface area contributed by atoms with Gasteiger partial charge in [-0.1, -0.05) is 84.6 Å². The number of hydrogen-bond acceptors (Lipinski definition) is 0. The van der Waals surface area contributed by atoms with Gasteiger partial charge in [0.25, 0.3) is 0 Å². The number of benzene rings is 1. The molecule has 1 aromatic rings. The van der Waals surface area contributed by atoms with E-state index in [1.54, 1.807) is 10.9 Å². The van der Waals surface area contributed by atoms with Gasteiger partial charge in [0.1, 0.15) is 0 Å². The van der Waals surface area contributed by atoms with Crippen molar-refractivity contribution in [3.8, 4) is 0 Å². The Balaban J connectivity index is 0.00000101. The van der Waals surface area contributed by atoms with Crippen molar-refractivity contribution in [3.05, 3.63) is 37.3 Å². The molecule has 0 atom stereocenters. The second-order valence-corrected chi connectivity index (χ2v) is 10.5. The van der Waals surface area contributed by atoms with Crippen molar-refractivity contribution < 1.29 is 18.2 Å². The summed E-state index contributed by atoms with van der Waals surface area (Å²) in [5, 5.41) is 1.74. The van der Waals surface area contributed by atoms with Crippen LogP contribution in [-0.4, -0.2) is 11.3 Å². The molecular weight excluding hydrogens is 437 g/mol. The number of rotatable bonds is 4. The first-order valence-electron chi connectivity index (χ1n) is 9.76. The van der Waals surface area contributed by atoms with Crippen LogP contribution in [0.2, 0.25) is 0 Å². The molecule has 0 heterocycles. The van der Waals surface area contributed by atoms with Gasteiger partial charge in [-0.3, -0.25) is 0 Å². The molecule has 2 aliphatic rings. The minimum atomic E-state index is 0. The molecule has 0 bridgehead atoms. The molecule has 2 fully saturated rings. The molecule has 0 aromatic heterocycles. The monoisotopic (exact) mass is 472 g/mol. The Hall–Kier alpha value is 0.602. The van der Waals surface area contributed by atoms with Crippen molar-refractivity contribution in [1.29, 1.82) is 0 Å². The SMILES string of the molecule is CC(C)c1cccc(P(C2CCCCC2)C2CCCCC2)c1.[CH3-].[Cl][Pd+]. The Bertz CT molecular complexity index is 447. The van der Waals surface area contributed by atoms with E-state index in [0.29, 0.717) is 5.92 Å². The molecule has 0 aliphatic heterocycles. The topological polar surface area (TPSA) is 0 Å². The van der Waals surface area contributed by atoms with Crippen LogP contribution >= 0.6 is 17.5 Å². The zero-order valence-corrected chi connectivity index (χ0v) is 19.5. The molecule has 1 aromatic carbocycles. The van der Waals surface area contributed by atoms with Gasteiger partial charge in [0.2, 0.25) is 0 Å². The first kappa shape index (κ1) is 23.6. The van der Waals surface area contributed by atoms with Gasteiger partial charge < -0.3 is 7.43 Å². The van der Waals surface area contributed by atoms with E-state index in [1.165, 1.54) is 64.2 Å².